The van der Waals surface area contributed by atoms with E-state index >= 15 is 0 Å². The summed E-state index contributed by atoms with van der Waals surface area (Å²) in [7, 11) is 3.35. The third-order valence-electron chi connectivity index (χ3n) is 5.66. The van der Waals surface area contributed by atoms with Crippen LogP contribution in [0.4, 0.5) is 11.4 Å². The smallest absolute Gasteiger partial charge is 0.258 e. The summed E-state index contributed by atoms with van der Waals surface area (Å²) in [5.41, 5.74) is 11.5. The SMILES string of the molecule is CC.COc1cc2c(cc1OC)CN(CCc1ccc(NC(=O)c3cscc3N)cc1)CC2. The van der Waals surface area contributed by atoms with E-state index in [1.807, 2.05) is 26.0 Å². The summed E-state index contributed by atoms with van der Waals surface area (Å²) in [5, 5.41) is 6.44. The van der Waals surface area contributed by atoms with Crippen LogP contribution in [0.25, 0.3) is 0 Å². The number of nitrogens with one attached hydrogen (secondary N) is 1. The van der Waals surface area contributed by atoms with Gasteiger partial charge in [-0.1, -0.05) is 26.0 Å². The Hall–Kier alpha value is -3.03. The van der Waals surface area contributed by atoms with Crippen LogP contribution < -0.4 is 20.5 Å². The van der Waals surface area contributed by atoms with Crippen LogP contribution in [0.5, 0.6) is 11.5 Å². The molecule has 1 aliphatic heterocycles. The minimum absolute atomic E-state index is 0.175. The van der Waals surface area contributed by atoms with E-state index in [0.29, 0.717) is 11.3 Å². The number of nitrogens with two attached hydrogens (primary N) is 1. The number of ether oxygens (including phenoxy) is 2. The van der Waals surface area contributed by atoms with Crippen molar-refractivity contribution in [2.75, 3.05) is 38.4 Å². The molecule has 2 heterocycles. The van der Waals surface area contributed by atoms with Crippen LogP contribution >= 0.6 is 11.3 Å². The Morgan fingerprint density at radius 1 is 1.06 bits per heavy atom. The van der Waals surface area contributed by atoms with E-state index in [0.717, 1.165) is 49.7 Å². The van der Waals surface area contributed by atoms with Crippen LogP contribution in [0.15, 0.2) is 47.2 Å². The van der Waals surface area contributed by atoms with E-state index in [4.69, 9.17) is 15.2 Å². The van der Waals surface area contributed by atoms with Gasteiger partial charge in [-0.05, 0) is 53.8 Å². The number of rotatable bonds is 7. The highest BCUT2D eigenvalue weighted by Crippen LogP contribution is 2.33. The predicted molar refractivity (Wildman–Crippen MR) is 137 cm³/mol. The quantitative estimate of drug-likeness (QED) is 0.498. The van der Waals surface area contributed by atoms with Crippen LogP contribution in [0.3, 0.4) is 0 Å². The van der Waals surface area contributed by atoms with Gasteiger partial charge in [-0.2, -0.15) is 0 Å². The van der Waals surface area contributed by atoms with Crippen LogP contribution in [0.1, 0.15) is 40.9 Å². The third-order valence-corrected chi connectivity index (χ3v) is 6.42. The summed E-state index contributed by atoms with van der Waals surface area (Å²) in [6.45, 7) is 6.91. The summed E-state index contributed by atoms with van der Waals surface area (Å²) >= 11 is 1.42. The molecule has 4 rings (SSSR count). The number of nitrogen functional groups attached to an aromatic ring is 1. The number of anilines is 2. The highest BCUT2D eigenvalue weighted by Gasteiger charge is 2.19. The summed E-state index contributed by atoms with van der Waals surface area (Å²) in [5.74, 6) is 1.40. The highest BCUT2D eigenvalue weighted by atomic mass is 32.1. The van der Waals surface area contributed by atoms with E-state index in [1.165, 1.54) is 28.0 Å². The van der Waals surface area contributed by atoms with E-state index in [-0.39, 0.29) is 5.91 Å². The van der Waals surface area contributed by atoms with Crippen molar-refractivity contribution in [2.45, 2.75) is 33.2 Å². The van der Waals surface area contributed by atoms with Gasteiger partial charge in [0, 0.05) is 36.1 Å². The molecule has 3 N–H and O–H groups in total. The Morgan fingerprint density at radius 2 is 1.73 bits per heavy atom. The normalized spacial score (nSPS) is 12.8. The average Bonchev–Trinajstić information content (AvgIpc) is 3.29. The molecule has 1 amide bonds. The van der Waals surface area contributed by atoms with E-state index in [1.54, 1.807) is 25.0 Å². The molecule has 6 nitrogen and oxygen atoms in total. The minimum Gasteiger partial charge on any atom is -0.493 e. The number of hydrogen-bond donors (Lipinski definition) is 2. The van der Waals surface area contributed by atoms with Gasteiger partial charge in [0.1, 0.15) is 0 Å². The molecule has 3 aromatic rings. The first kappa shape index (κ1) is 24.6. The molecule has 0 unspecified atom stereocenters. The van der Waals surface area contributed by atoms with Gasteiger partial charge in [0.2, 0.25) is 0 Å². The van der Waals surface area contributed by atoms with Crippen LogP contribution in [-0.4, -0.2) is 38.1 Å². The molecule has 1 aliphatic rings. The van der Waals surface area contributed by atoms with Gasteiger partial charge in [0.25, 0.3) is 5.91 Å². The van der Waals surface area contributed by atoms with Crippen molar-refractivity contribution in [3.05, 3.63) is 69.4 Å². The van der Waals surface area contributed by atoms with Gasteiger partial charge >= 0.3 is 0 Å². The lowest BCUT2D eigenvalue weighted by Gasteiger charge is -2.29. The molecule has 1 aromatic heterocycles. The fraction of sp³-hybridized carbons (Fsp3) is 0.346. The molecule has 2 aromatic carbocycles. The Labute approximate surface area is 200 Å². The molecule has 0 aliphatic carbocycles. The van der Waals surface area contributed by atoms with Gasteiger partial charge in [-0.3, -0.25) is 9.69 Å². The number of nitrogens with zero attached hydrogens (tertiary/aromatic N) is 1. The number of benzene rings is 2. The largest absolute Gasteiger partial charge is 0.493 e. The predicted octanol–water partition coefficient (Wildman–Crippen LogP) is 5.23. The van der Waals surface area contributed by atoms with Crippen LogP contribution in [-0.2, 0) is 19.4 Å². The molecule has 7 heteroatoms. The molecule has 0 fully saturated rings. The van der Waals surface area contributed by atoms with Gasteiger partial charge in [-0.15, -0.1) is 11.3 Å². The van der Waals surface area contributed by atoms with E-state index in [9.17, 15) is 4.79 Å². The minimum atomic E-state index is -0.175. The number of carbonyl (C=O) groups excluding carboxylic acids is 1. The molecule has 176 valence electrons. The second-order valence-corrected chi connectivity index (χ2v) is 8.39. The van der Waals surface area contributed by atoms with Gasteiger partial charge in [-0.25, -0.2) is 0 Å². The second kappa shape index (κ2) is 11.7. The molecule has 0 saturated carbocycles. The zero-order valence-corrected chi connectivity index (χ0v) is 20.6. The molecule has 0 saturated heterocycles. The first-order chi connectivity index (χ1) is 16.1. The monoisotopic (exact) mass is 467 g/mol. The molecule has 0 bridgehead atoms. The lowest BCUT2D eigenvalue weighted by molar-refractivity contribution is 0.102. The molecular weight excluding hydrogens is 434 g/mol. The van der Waals surface area contributed by atoms with Crippen molar-refractivity contribution in [3.8, 4) is 11.5 Å². The topological polar surface area (TPSA) is 76.8 Å². The van der Waals surface area contributed by atoms with Crippen molar-refractivity contribution in [1.29, 1.82) is 0 Å². The van der Waals surface area contributed by atoms with Crippen molar-refractivity contribution < 1.29 is 14.3 Å². The molecule has 0 atom stereocenters. The van der Waals surface area contributed by atoms with Gasteiger partial charge in [0.05, 0.1) is 25.5 Å². The van der Waals surface area contributed by atoms with Crippen LogP contribution in [0, 0.1) is 0 Å². The Morgan fingerprint density at radius 3 is 2.33 bits per heavy atom. The summed E-state index contributed by atoms with van der Waals surface area (Å²) in [6.07, 6.45) is 1.96. The molecule has 33 heavy (non-hydrogen) atoms. The fourth-order valence-electron chi connectivity index (χ4n) is 3.86. The maximum atomic E-state index is 12.3. The summed E-state index contributed by atoms with van der Waals surface area (Å²) in [4.78, 5) is 14.8. The Bertz CT molecular complexity index is 1060. The number of carbonyl (C=O) groups is 1. The third kappa shape index (κ3) is 6.06. The average molecular weight is 468 g/mol. The number of methoxy groups -OCH3 is 2. The Balaban J connectivity index is 0.00000149. The van der Waals surface area contributed by atoms with E-state index < -0.39 is 0 Å². The fourth-order valence-corrected chi connectivity index (χ4v) is 4.59. The van der Waals surface area contributed by atoms with Crippen molar-refractivity contribution in [2.24, 2.45) is 0 Å². The highest BCUT2D eigenvalue weighted by molar-refractivity contribution is 7.08. The summed E-state index contributed by atoms with van der Waals surface area (Å²) < 4.78 is 10.9. The summed E-state index contributed by atoms with van der Waals surface area (Å²) in [6, 6.07) is 12.2. The van der Waals surface area contributed by atoms with Gasteiger partial charge in [0.15, 0.2) is 11.5 Å². The molecule has 0 spiro atoms. The van der Waals surface area contributed by atoms with Crippen molar-refractivity contribution >= 4 is 28.6 Å². The number of fused-ring (bicyclic) bond motifs is 1. The number of amides is 1. The van der Waals surface area contributed by atoms with Gasteiger partial charge < -0.3 is 20.5 Å². The molecular formula is C26H33N3O3S. The van der Waals surface area contributed by atoms with Crippen molar-refractivity contribution in [1.82, 2.24) is 4.90 Å². The zero-order valence-electron chi connectivity index (χ0n) is 19.8. The number of thiophene rings is 1. The standard InChI is InChI=1S/C24H27N3O3S.C2H6/c1-29-22-11-17-8-10-27(13-18(17)12-23(22)30-2)9-7-16-3-5-19(6-4-16)26-24(28)20-14-31-15-21(20)25;1-2/h3-6,11-12,14-15H,7-10,13,25H2,1-2H3,(H,26,28);1-2H3. The van der Waals surface area contributed by atoms with Crippen LogP contribution in [0.2, 0.25) is 0 Å². The van der Waals surface area contributed by atoms with Crippen molar-refractivity contribution in [3.63, 3.8) is 0 Å². The zero-order chi connectivity index (χ0) is 23.8. The maximum Gasteiger partial charge on any atom is 0.258 e. The lowest BCUT2D eigenvalue weighted by Crippen LogP contribution is -2.32. The molecule has 0 radical (unpaired) electrons. The second-order valence-electron chi connectivity index (χ2n) is 7.64. The lowest BCUT2D eigenvalue weighted by atomic mass is 9.98. The maximum absolute atomic E-state index is 12.3. The first-order valence-corrected chi connectivity index (χ1v) is 12.2. The first-order valence-electron chi connectivity index (χ1n) is 11.3. The van der Waals surface area contributed by atoms with E-state index in [2.05, 4.69) is 34.5 Å². The Kier molecular flexibility index (Phi) is 8.74. The number of hydrogen-bond acceptors (Lipinski definition) is 6.